The molecule has 0 aromatic carbocycles. The molecule has 0 spiro atoms. The average molecular weight is 315 g/mol. The Labute approximate surface area is 125 Å². The van der Waals surface area contributed by atoms with E-state index in [1.165, 1.54) is 11.3 Å². The van der Waals surface area contributed by atoms with Crippen molar-refractivity contribution in [3.63, 3.8) is 0 Å². The van der Waals surface area contributed by atoms with Gasteiger partial charge in [0.15, 0.2) is 5.15 Å². The summed E-state index contributed by atoms with van der Waals surface area (Å²) in [6.07, 6.45) is 3.78. The van der Waals surface area contributed by atoms with E-state index < -0.39 is 0 Å². The molecule has 1 unspecified atom stereocenters. The van der Waals surface area contributed by atoms with E-state index in [1.807, 2.05) is 19.1 Å². The summed E-state index contributed by atoms with van der Waals surface area (Å²) in [5.41, 5.74) is 0.878. The van der Waals surface area contributed by atoms with E-state index in [1.54, 1.807) is 12.4 Å². The van der Waals surface area contributed by atoms with Gasteiger partial charge in [0.1, 0.15) is 15.3 Å². The highest BCUT2D eigenvalue weighted by Crippen LogP contribution is 2.34. The topological polar surface area (TPSA) is 54.9 Å². The molecule has 1 N–H and O–H groups in total. The zero-order valence-corrected chi connectivity index (χ0v) is 12.8. The van der Waals surface area contributed by atoms with Crippen LogP contribution in [0.15, 0.2) is 24.5 Å². The SMILES string of the molecule is CC([SH2+])CC(=O)Nc1sc(-c2cccnc2)nc1Cl. The number of hydrogen-bond acceptors (Lipinski definition) is 4. The summed E-state index contributed by atoms with van der Waals surface area (Å²) in [5, 5.41) is 4.49. The lowest BCUT2D eigenvalue weighted by atomic mass is 10.3. The van der Waals surface area contributed by atoms with Crippen molar-refractivity contribution >= 4 is 46.5 Å². The van der Waals surface area contributed by atoms with Crippen LogP contribution < -0.4 is 5.32 Å². The predicted molar refractivity (Wildman–Crippen MR) is 83.2 cm³/mol. The number of aromatic nitrogens is 2. The first kappa shape index (κ1) is 14.3. The Bertz CT molecular complexity index is 572. The third-order valence-electron chi connectivity index (χ3n) is 2.24. The van der Waals surface area contributed by atoms with Gasteiger partial charge in [-0.2, -0.15) is 0 Å². The number of anilines is 1. The van der Waals surface area contributed by atoms with Gasteiger partial charge in [-0.1, -0.05) is 22.9 Å². The molecule has 0 aliphatic carbocycles. The van der Waals surface area contributed by atoms with Crippen LogP contribution >= 0.6 is 22.9 Å². The van der Waals surface area contributed by atoms with Gasteiger partial charge >= 0.3 is 0 Å². The van der Waals surface area contributed by atoms with Gasteiger partial charge < -0.3 is 5.32 Å². The Kier molecular flexibility index (Phi) is 4.79. The van der Waals surface area contributed by atoms with Crippen LogP contribution in [0.2, 0.25) is 5.15 Å². The summed E-state index contributed by atoms with van der Waals surface area (Å²) in [4.78, 5) is 19.9. The largest absolute Gasteiger partial charge is 0.315 e. The highest BCUT2D eigenvalue weighted by Gasteiger charge is 2.15. The summed E-state index contributed by atoms with van der Waals surface area (Å²) < 4.78 is 0. The zero-order chi connectivity index (χ0) is 13.8. The molecule has 0 aliphatic heterocycles. The number of pyridine rings is 1. The normalized spacial score (nSPS) is 12.2. The van der Waals surface area contributed by atoms with Crippen LogP contribution in [0.25, 0.3) is 10.6 Å². The van der Waals surface area contributed by atoms with Crippen molar-refractivity contribution in [3.8, 4) is 10.6 Å². The van der Waals surface area contributed by atoms with Crippen LogP contribution in [0, 0.1) is 0 Å². The van der Waals surface area contributed by atoms with Crippen molar-refractivity contribution in [2.45, 2.75) is 18.6 Å². The molecule has 19 heavy (non-hydrogen) atoms. The second-order valence-electron chi connectivity index (χ2n) is 4.03. The molecule has 0 saturated carbocycles. The minimum absolute atomic E-state index is 0.0919. The van der Waals surface area contributed by atoms with Crippen molar-refractivity contribution in [1.82, 2.24) is 9.97 Å². The number of halogens is 1. The third-order valence-corrected chi connectivity index (χ3v) is 3.85. The van der Waals surface area contributed by atoms with Crippen molar-refractivity contribution in [2.24, 2.45) is 0 Å². The fourth-order valence-electron chi connectivity index (χ4n) is 1.45. The fraction of sp³-hybridized carbons (Fsp3) is 0.250. The molecule has 2 aromatic rings. The van der Waals surface area contributed by atoms with Crippen LogP contribution in [0.5, 0.6) is 0 Å². The van der Waals surface area contributed by atoms with Gasteiger partial charge in [-0.05, 0) is 31.7 Å². The minimum Gasteiger partial charge on any atom is -0.315 e. The predicted octanol–water partition coefficient (Wildman–Crippen LogP) is 2.59. The van der Waals surface area contributed by atoms with Crippen LogP contribution in [-0.4, -0.2) is 21.1 Å². The number of hydrogen-bond donors (Lipinski definition) is 1. The number of amides is 1. The maximum absolute atomic E-state index is 11.7. The number of rotatable bonds is 4. The molecular formula is C12H13ClN3OS2+. The van der Waals surface area contributed by atoms with Crippen LogP contribution in [0.3, 0.4) is 0 Å². The van der Waals surface area contributed by atoms with E-state index in [0.717, 1.165) is 10.6 Å². The Morgan fingerprint density at radius 1 is 1.63 bits per heavy atom. The quantitative estimate of drug-likeness (QED) is 0.883. The van der Waals surface area contributed by atoms with E-state index in [2.05, 4.69) is 27.9 Å². The lowest BCUT2D eigenvalue weighted by Crippen LogP contribution is -2.15. The number of nitrogens with one attached hydrogen (secondary N) is 1. The number of carbonyl (C=O) groups excluding carboxylic acids is 1. The Morgan fingerprint density at radius 3 is 3.05 bits per heavy atom. The van der Waals surface area contributed by atoms with Crippen LogP contribution in [-0.2, 0) is 17.4 Å². The smallest absolute Gasteiger partial charge is 0.230 e. The first-order valence-electron chi connectivity index (χ1n) is 5.64. The van der Waals surface area contributed by atoms with Crippen LogP contribution in [0.1, 0.15) is 13.3 Å². The Balaban J connectivity index is 2.16. The molecule has 0 fully saturated rings. The molecule has 7 heteroatoms. The van der Waals surface area contributed by atoms with Gasteiger partial charge in [-0.15, -0.1) is 0 Å². The molecule has 4 nitrogen and oxygen atoms in total. The van der Waals surface area contributed by atoms with Gasteiger partial charge in [-0.3, -0.25) is 9.78 Å². The average Bonchev–Trinajstić information content (AvgIpc) is 2.71. The summed E-state index contributed by atoms with van der Waals surface area (Å²) in [5.74, 6) is -0.0919. The molecule has 2 rings (SSSR count). The molecule has 2 heterocycles. The molecule has 0 aliphatic rings. The molecule has 0 bridgehead atoms. The van der Waals surface area contributed by atoms with Crippen LogP contribution in [0.4, 0.5) is 5.00 Å². The van der Waals surface area contributed by atoms with Crippen molar-refractivity contribution < 1.29 is 4.79 Å². The van der Waals surface area contributed by atoms with Crippen molar-refractivity contribution in [1.29, 1.82) is 0 Å². The first-order valence-corrected chi connectivity index (χ1v) is 7.41. The Hall–Kier alpha value is -1.11. The molecule has 2 aromatic heterocycles. The number of thiazole rings is 1. The monoisotopic (exact) mass is 314 g/mol. The molecule has 1 amide bonds. The van der Waals surface area contributed by atoms with Crippen molar-refractivity contribution in [3.05, 3.63) is 29.7 Å². The van der Waals surface area contributed by atoms with Gasteiger partial charge in [0, 0.05) is 18.0 Å². The summed E-state index contributed by atoms with van der Waals surface area (Å²) in [6.45, 7) is 1.91. The maximum Gasteiger partial charge on any atom is 0.230 e. The standard InChI is InChI=1S/C12H12ClN3OS2/c1-7(18)5-9(17)15-12-10(13)16-11(19-12)8-3-2-4-14-6-8/h2-4,6-7,18H,5H2,1H3,(H,15,17)/p+1. The van der Waals surface area contributed by atoms with Gasteiger partial charge in [-0.25, -0.2) is 4.98 Å². The second kappa shape index (κ2) is 6.36. The third kappa shape index (κ3) is 3.92. The minimum atomic E-state index is -0.0919. The second-order valence-corrected chi connectivity index (χ2v) is 6.38. The van der Waals surface area contributed by atoms with E-state index in [9.17, 15) is 4.79 Å². The molecular weight excluding hydrogens is 302 g/mol. The molecule has 0 radical (unpaired) electrons. The highest BCUT2D eigenvalue weighted by atomic mass is 35.5. The first-order chi connectivity index (χ1) is 9.06. The summed E-state index contributed by atoms with van der Waals surface area (Å²) in [6, 6.07) is 3.73. The van der Waals surface area contributed by atoms with E-state index in [4.69, 9.17) is 11.6 Å². The number of carbonyl (C=O) groups is 1. The van der Waals surface area contributed by atoms with E-state index in [-0.39, 0.29) is 11.2 Å². The lowest BCUT2D eigenvalue weighted by Gasteiger charge is -2.01. The fourth-order valence-corrected chi connectivity index (χ4v) is 2.79. The molecule has 1 atom stereocenters. The molecule has 100 valence electrons. The van der Waals surface area contributed by atoms with Crippen molar-refractivity contribution in [2.75, 3.05) is 5.32 Å². The zero-order valence-electron chi connectivity index (χ0n) is 10.2. The highest BCUT2D eigenvalue weighted by molar-refractivity contribution is 7.59. The lowest BCUT2D eigenvalue weighted by molar-refractivity contribution is -0.116. The van der Waals surface area contributed by atoms with E-state index in [0.29, 0.717) is 16.6 Å². The van der Waals surface area contributed by atoms with E-state index >= 15 is 0 Å². The maximum atomic E-state index is 11.7. The molecule has 0 saturated heterocycles. The van der Waals surface area contributed by atoms with Gasteiger partial charge in [0.2, 0.25) is 5.91 Å². The summed E-state index contributed by atoms with van der Waals surface area (Å²) in [7, 11) is 0. The van der Waals surface area contributed by atoms with Gasteiger partial charge in [0.05, 0.1) is 6.42 Å². The summed E-state index contributed by atoms with van der Waals surface area (Å²) >= 11 is 10.7. The van der Waals surface area contributed by atoms with Gasteiger partial charge in [0.25, 0.3) is 0 Å². The number of nitrogens with zero attached hydrogens (tertiary/aromatic N) is 2. The Morgan fingerprint density at radius 2 is 2.42 bits per heavy atom.